The minimum Gasteiger partial charge on any atom is -0.495 e. The summed E-state index contributed by atoms with van der Waals surface area (Å²) in [5.74, 6) is 1.96. The maximum atomic E-state index is 13.1. The molecule has 3 aromatic rings. The average molecular weight is 417 g/mol. The fourth-order valence-corrected chi connectivity index (χ4v) is 5.06. The van der Waals surface area contributed by atoms with Gasteiger partial charge in [-0.05, 0) is 36.8 Å². The Bertz CT molecular complexity index is 1140. The Morgan fingerprint density at radius 3 is 2.52 bits per heavy atom. The molecule has 0 atom stereocenters. The molecule has 29 heavy (non-hydrogen) atoms. The number of piperazine rings is 1. The van der Waals surface area contributed by atoms with E-state index in [1.165, 1.54) is 11.4 Å². The van der Waals surface area contributed by atoms with Crippen molar-refractivity contribution >= 4 is 21.5 Å². The van der Waals surface area contributed by atoms with Crippen molar-refractivity contribution in [1.82, 2.24) is 24.1 Å². The zero-order valence-electron chi connectivity index (χ0n) is 16.7. The Hall–Kier alpha value is -2.72. The molecule has 154 valence electrons. The topological polar surface area (TPSA) is 92.9 Å². The summed E-state index contributed by atoms with van der Waals surface area (Å²) in [6, 6.07) is 8.93. The fraction of sp³-hybridized carbons (Fsp3) is 0.421. The molecule has 9 nitrogen and oxygen atoms in total. The maximum Gasteiger partial charge on any atom is 0.246 e. The third-order valence-corrected chi connectivity index (χ3v) is 7.07. The minimum absolute atomic E-state index is 0.204. The lowest BCUT2D eigenvalue weighted by atomic mass is 10.2. The molecule has 10 heteroatoms. The van der Waals surface area contributed by atoms with E-state index in [1.807, 2.05) is 26.0 Å². The van der Waals surface area contributed by atoms with Gasteiger partial charge in [-0.1, -0.05) is 13.0 Å². The van der Waals surface area contributed by atoms with Crippen LogP contribution in [0.25, 0.3) is 5.65 Å². The molecule has 0 spiro atoms. The third kappa shape index (κ3) is 3.53. The minimum atomic E-state index is -3.63. The van der Waals surface area contributed by atoms with E-state index in [-0.39, 0.29) is 4.90 Å². The quantitative estimate of drug-likeness (QED) is 0.622. The third-order valence-electron chi connectivity index (χ3n) is 5.13. The van der Waals surface area contributed by atoms with Crippen molar-refractivity contribution in [3.05, 3.63) is 41.7 Å². The molecule has 4 rings (SSSR count). The van der Waals surface area contributed by atoms with Gasteiger partial charge in [-0.2, -0.15) is 8.82 Å². The molecule has 0 saturated carbocycles. The lowest BCUT2D eigenvalue weighted by Gasteiger charge is -2.34. The van der Waals surface area contributed by atoms with Crippen molar-refractivity contribution < 1.29 is 13.2 Å². The summed E-state index contributed by atoms with van der Waals surface area (Å²) >= 11 is 0. The van der Waals surface area contributed by atoms with Gasteiger partial charge < -0.3 is 9.64 Å². The highest BCUT2D eigenvalue weighted by Gasteiger charge is 2.31. The Kier molecular flexibility index (Phi) is 5.13. The molecule has 1 aliphatic rings. The normalized spacial score (nSPS) is 15.8. The Balaban J connectivity index is 1.53. The van der Waals surface area contributed by atoms with E-state index in [4.69, 9.17) is 4.74 Å². The zero-order chi connectivity index (χ0) is 20.6. The summed E-state index contributed by atoms with van der Waals surface area (Å²) < 4.78 is 34.8. The van der Waals surface area contributed by atoms with Crippen molar-refractivity contribution in [1.29, 1.82) is 0 Å². The standard InChI is InChI=1S/C19H24N6O3S/c1-4-17-20-21-18-7-8-19(22-25(17)18)23-9-11-24(12-10-23)29(26,27)16-6-5-14(2)13-15(16)28-3/h5-8,13H,4,9-12H2,1-3H3. The molecule has 1 aromatic carbocycles. The highest BCUT2D eigenvalue weighted by Crippen LogP contribution is 2.28. The highest BCUT2D eigenvalue weighted by atomic mass is 32.2. The van der Waals surface area contributed by atoms with Crippen molar-refractivity contribution in [2.75, 3.05) is 38.2 Å². The number of fused-ring (bicyclic) bond motifs is 1. The summed E-state index contributed by atoms with van der Waals surface area (Å²) in [7, 11) is -2.14. The second kappa shape index (κ2) is 7.60. The zero-order valence-corrected chi connectivity index (χ0v) is 17.6. The first-order valence-electron chi connectivity index (χ1n) is 9.55. The van der Waals surface area contributed by atoms with Crippen LogP contribution in [0.15, 0.2) is 35.2 Å². The van der Waals surface area contributed by atoms with Gasteiger partial charge in [0.1, 0.15) is 16.5 Å². The first-order chi connectivity index (χ1) is 13.9. The summed E-state index contributed by atoms with van der Waals surface area (Å²) in [4.78, 5) is 2.28. The van der Waals surface area contributed by atoms with Crippen molar-refractivity contribution in [3.8, 4) is 5.75 Å². The highest BCUT2D eigenvalue weighted by molar-refractivity contribution is 7.89. The van der Waals surface area contributed by atoms with Crippen LogP contribution in [0.2, 0.25) is 0 Å². The van der Waals surface area contributed by atoms with E-state index in [9.17, 15) is 8.42 Å². The number of nitrogens with zero attached hydrogens (tertiary/aromatic N) is 6. The number of aromatic nitrogens is 4. The molecule has 1 fully saturated rings. The summed E-state index contributed by atoms with van der Waals surface area (Å²) in [5.41, 5.74) is 1.66. The number of ether oxygens (including phenoxy) is 1. The number of methoxy groups -OCH3 is 1. The number of hydrogen-bond donors (Lipinski definition) is 0. The van der Waals surface area contributed by atoms with Crippen LogP contribution in [-0.4, -0.2) is 65.8 Å². The number of sulfonamides is 1. The molecule has 0 unspecified atom stereocenters. The Labute approximate surface area is 170 Å². The van der Waals surface area contributed by atoms with Crippen LogP contribution in [0.4, 0.5) is 5.82 Å². The summed E-state index contributed by atoms with van der Waals surface area (Å²) in [6.45, 7) is 5.77. The smallest absolute Gasteiger partial charge is 0.246 e. The molecule has 0 amide bonds. The molecule has 0 aliphatic carbocycles. The van der Waals surface area contributed by atoms with Crippen LogP contribution in [0, 0.1) is 6.92 Å². The number of hydrogen-bond acceptors (Lipinski definition) is 7. The van der Waals surface area contributed by atoms with Gasteiger partial charge in [-0.3, -0.25) is 0 Å². The predicted molar refractivity (Wildman–Crippen MR) is 109 cm³/mol. The Morgan fingerprint density at radius 2 is 1.83 bits per heavy atom. The maximum absolute atomic E-state index is 13.1. The van der Waals surface area contributed by atoms with Gasteiger partial charge >= 0.3 is 0 Å². The van der Waals surface area contributed by atoms with E-state index < -0.39 is 10.0 Å². The van der Waals surface area contributed by atoms with Gasteiger partial charge in [0.25, 0.3) is 0 Å². The van der Waals surface area contributed by atoms with E-state index >= 15 is 0 Å². The second-order valence-corrected chi connectivity index (χ2v) is 8.88. The van der Waals surface area contributed by atoms with Crippen molar-refractivity contribution in [3.63, 3.8) is 0 Å². The van der Waals surface area contributed by atoms with Gasteiger partial charge in [-0.15, -0.1) is 15.3 Å². The molecule has 0 radical (unpaired) electrons. The van der Waals surface area contributed by atoms with Crippen LogP contribution < -0.4 is 9.64 Å². The summed E-state index contributed by atoms with van der Waals surface area (Å²) in [5, 5.41) is 12.9. The monoisotopic (exact) mass is 416 g/mol. The molecule has 3 heterocycles. The first-order valence-corrected chi connectivity index (χ1v) is 11.0. The van der Waals surface area contributed by atoms with Gasteiger partial charge in [-0.25, -0.2) is 8.42 Å². The number of aryl methyl sites for hydroxylation is 2. The first kappa shape index (κ1) is 19.6. The second-order valence-electron chi connectivity index (χ2n) is 6.98. The molecule has 1 aliphatic heterocycles. The largest absolute Gasteiger partial charge is 0.495 e. The molecule has 1 saturated heterocycles. The molecular weight excluding hydrogens is 392 g/mol. The van der Waals surface area contributed by atoms with Crippen LogP contribution in [0.1, 0.15) is 18.3 Å². The number of rotatable bonds is 5. The van der Waals surface area contributed by atoms with E-state index in [1.54, 1.807) is 22.7 Å². The summed E-state index contributed by atoms with van der Waals surface area (Å²) in [6.07, 6.45) is 0.738. The van der Waals surface area contributed by atoms with E-state index in [2.05, 4.69) is 20.2 Å². The van der Waals surface area contributed by atoms with Crippen molar-refractivity contribution in [2.24, 2.45) is 0 Å². The van der Waals surface area contributed by atoms with E-state index in [0.29, 0.717) is 37.6 Å². The predicted octanol–water partition coefficient (Wildman–Crippen LogP) is 1.51. The molecule has 0 bridgehead atoms. The average Bonchev–Trinajstić information content (AvgIpc) is 3.15. The lowest BCUT2D eigenvalue weighted by Crippen LogP contribution is -2.49. The van der Waals surface area contributed by atoms with Crippen LogP contribution in [0.3, 0.4) is 0 Å². The molecule has 2 aromatic heterocycles. The Morgan fingerprint density at radius 1 is 1.07 bits per heavy atom. The fourth-order valence-electron chi connectivity index (χ4n) is 3.50. The SMILES string of the molecule is CCc1nnc2ccc(N3CCN(S(=O)(=O)c4ccc(C)cc4OC)CC3)nn12. The molecule has 0 N–H and O–H groups in total. The van der Waals surface area contributed by atoms with Crippen LogP contribution >= 0.6 is 0 Å². The van der Waals surface area contributed by atoms with Gasteiger partial charge in [0.05, 0.1) is 7.11 Å². The number of anilines is 1. The van der Waals surface area contributed by atoms with E-state index in [0.717, 1.165) is 23.6 Å². The van der Waals surface area contributed by atoms with Gasteiger partial charge in [0.15, 0.2) is 11.5 Å². The molecular formula is C19H24N6O3S. The van der Waals surface area contributed by atoms with Gasteiger partial charge in [0.2, 0.25) is 10.0 Å². The lowest BCUT2D eigenvalue weighted by molar-refractivity contribution is 0.373. The van der Waals surface area contributed by atoms with Gasteiger partial charge in [0, 0.05) is 32.6 Å². The van der Waals surface area contributed by atoms with Crippen LogP contribution in [0.5, 0.6) is 5.75 Å². The van der Waals surface area contributed by atoms with Crippen molar-refractivity contribution in [2.45, 2.75) is 25.2 Å². The number of benzene rings is 1. The van der Waals surface area contributed by atoms with Crippen LogP contribution in [-0.2, 0) is 16.4 Å².